The second kappa shape index (κ2) is 4.39. The first-order valence-electron chi connectivity index (χ1n) is 6.84. The van der Waals surface area contributed by atoms with Gasteiger partial charge >= 0.3 is 0 Å². The standard InChI is InChI=1S/C15H20N2O/c1-11(2)14-16-10-6-9-13(16)15(18)17(14)12-7-4-3-5-8-12/h3-5,7-8,11,13-14H,6,9-10H2,1-2H3/t13-,14+/m0/s1. The average molecular weight is 244 g/mol. The Morgan fingerprint density at radius 3 is 2.61 bits per heavy atom. The zero-order chi connectivity index (χ0) is 12.7. The molecule has 3 heteroatoms. The van der Waals surface area contributed by atoms with Gasteiger partial charge in [0, 0.05) is 12.2 Å². The van der Waals surface area contributed by atoms with Crippen molar-refractivity contribution in [3.8, 4) is 0 Å². The molecule has 3 rings (SSSR count). The van der Waals surface area contributed by atoms with Gasteiger partial charge in [-0.3, -0.25) is 14.6 Å². The molecule has 2 saturated heterocycles. The Kier molecular flexibility index (Phi) is 2.86. The Balaban J connectivity index is 1.99. The van der Waals surface area contributed by atoms with Gasteiger partial charge in [0.2, 0.25) is 5.91 Å². The number of carbonyl (C=O) groups excluding carboxylic acids is 1. The van der Waals surface area contributed by atoms with Gasteiger partial charge in [0.05, 0.1) is 12.2 Å². The fraction of sp³-hybridized carbons (Fsp3) is 0.533. The third-order valence-corrected chi connectivity index (χ3v) is 4.05. The van der Waals surface area contributed by atoms with Crippen molar-refractivity contribution in [2.75, 3.05) is 11.4 Å². The lowest BCUT2D eigenvalue weighted by Crippen LogP contribution is -2.43. The molecule has 1 aromatic carbocycles. The molecule has 96 valence electrons. The number of rotatable bonds is 2. The van der Waals surface area contributed by atoms with Crippen molar-refractivity contribution in [1.29, 1.82) is 0 Å². The third kappa shape index (κ3) is 1.65. The van der Waals surface area contributed by atoms with Crippen LogP contribution in [0.3, 0.4) is 0 Å². The van der Waals surface area contributed by atoms with E-state index < -0.39 is 0 Å². The van der Waals surface area contributed by atoms with Crippen LogP contribution in [0.15, 0.2) is 30.3 Å². The van der Waals surface area contributed by atoms with Gasteiger partial charge in [0.25, 0.3) is 0 Å². The Morgan fingerprint density at radius 1 is 1.22 bits per heavy atom. The number of para-hydroxylation sites is 1. The maximum absolute atomic E-state index is 12.6. The highest BCUT2D eigenvalue weighted by molar-refractivity contribution is 6.00. The number of benzene rings is 1. The number of hydrogen-bond acceptors (Lipinski definition) is 2. The third-order valence-electron chi connectivity index (χ3n) is 4.05. The Morgan fingerprint density at radius 2 is 1.94 bits per heavy atom. The number of nitrogens with zero attached hydrogens (tertiary/aromatic N) is 2. The minimum absolute atomic E-state index is 0.123. The van der Waals surface area contributed by atoms with Crippen molar-refractivity contribution in [2.45, 2.75) is 38.9 Å². The Hall–Kier alpha value is -1.35. The fourth-order valence-corrected chi connectivity index (χ4v) is 3.36. The van der Waals surface area contributed by atoms with Crippen LogP contribution in [-0.2, 0) is 4.79 Å². The lowest BCUT2D eigenvalue weighted by molar-refractivity contribution is -0.119. The molecule has 1 amide bonds. The molecule has 0 aromatic heterocycles. The molecule has 2 aliphatic rings. The second-order valence-corrected chi connectivity index (χ2v) is 5.60. The van der Waals surface area contributed by atoms with Gasteiger partial charge < -0.3 is 0 Å². The molecule has 2 aliphatic heterocycles. The van der Waals surface area contributed by atoms with Crippen LogP contribution in [0.25, 0.3) is 0 Å². The minimum atomic E-state index is 0.123. The zero-order valence-electron chi connectivity index (χ0n) is 11.0. The van der Waals surface area contributed by atoms with E-state index in [0.717, 1.165) is 25.1 Å². The number of anilines is 1. The van der Waals surface area contributed by atoms with E-state index in [4.69, 9.17) is 0 Å². The van der Waals surface area contributed by atoms with E-state index in [9.17, 15) is 4.79 Å². The molecule has 1 aromatic rings. The molecule has 0 saturated carbocycles. The van der Waals surface area contributed by atoms with Gasteiger partial charge in [-0.1, -0.05) is 32.0 Å². The number of carbonyl (C=O) groups is 1. The van der Waals surface area contributed by atoms with Crippen LogP contribution in [0.4, 0.5) is 5.69 Å². The molecular weight excluding hydrogens is 224 g/mol. The largest absolute Gasteiger partial charge is 0.295 e. The highest BCUT2D eigenvalue weighted by atomic mass is 16.2. The minimum Gasteiger partial charge on any atom is -0.295 e. The number of amides is 1. The van der Waals surface area contributed by atoms with Crippen molar-refractivity contribution in [1.82, 2.24) is 4.90 Å². The van der Waals surface area contributed by atoms with Crippen molar-refractivity contribution in [2.24, 2.45) is 5.92 Å². The van der Waals surface area contributed by atoms with E-state index in [0.29, 0.717) is 5.92 Å². The summed E-state index contributed by atoms with van der Waals surface area (Å²) in [6.07, 6.45) is 2.40. The summed E-state index contributed by atoms with van der Waals surface area (Å²) in [5.74, 6) is 0.745. The summed E-state index contributed by atoms with van der Waals surface area (Å²) in [6, 6.07) is 10.2. The molecule has 0 radical (unpaired) electrons. The number of hydrogen-bond donors (Lipinski definition) is 0. The smallest absolute Gasteiger partial charge is 0.245 e. The van der Waals surface area contributed by atoms with Crippen molar-refractivity contribution in [3.63, 3.8) is 0 Å². The maximum Gasteiger partial charge on any atom is 0.245 e. The molecule has 3 nitrogen and oxygen atoms in total. The van der Waals surface area contributed by atoms with Crippen LogP contribution >= 0.6 is 0 Å². The SMILES string of the molecule is CC(C)[C@H]1N(c2ccccc2)C(=O)[C@@H]2CCCN21. The molecule has 0 N–H and O–H groups in total. The number of fused-ring (bicyclic) bond motifs is 1. The van der Waals surface area contributed by atoms with Crippen LogP contribution in [0.2, 0.25) is 0 Å². The van der Waals surface area contributed by atoms with Gasteiger partial charge in [-0.05, 0) is 30.9 Å². The van der Waals surface area contributed by atoms with E-state index in [1.165, 1.54) is 0 Å². The summed E-state index contributed by atoms with van der Waals surface area (Å²) in [7, 11) is 0. The van der Waals surface area contributed by atoms with Crippen molar-refractivity contribution < 1.29 is 4.79 Å². The van der Waals surface area contributed by atoms with Crippen LogP contribution in [-0.4, -0.2) is 29.6 Å². The van der Waals surface area contributed by atoms with Crippen LogP contribution in [0.5, 0.6) is 0 Å². The Labute approximate surface area is 108 Å². The fourth-order valence-electron chi connectivity index (χ4n) is 3.36. The van der Waals surface area contributed by atoms with Crippen molar-refractivity contribution >= 4 is 11.6 Å². The highest BCUT2D eigenvalue weighted by Crippen LogP contribution is 2.36. The maximum atomic E-state index is 12.6. The lowest BCUT2D eigenvalue weighted by Gasteiger charge is -2.32. The van der Waals surface area contributed by atoms with E-state index in [-0.39, 0.29) is 18.1 Å². The summed E-state index contributed by atoms with van der Waals surface area (Å²) < 4.78 is 0. The summed E-state index contributed by atoms with van der Waals surface area (Å²) >= 11 is 0. The predicted octanol–water partition coefficient (Wildman–Crippen LogP) is 2.48. The molecule has 2 heterocycles. The molecule has 0 aliphatic carbocycles. The van der Waals surface area contributed by atoms with Crippen LogP contribution in [0, 0.1) is 5.92 Å². The normalized spacial score (nSPS) is 28.2. The van der Waals surface area contributed by atoms with Gasteiger partial charge in [0.15, 0.2) is 0 Å². The first-order valence-corrected chi connectivity index (χ1v) is 6.84. The zero-order valence-corrected chi connectivity index (χ0v) is 11.0. The van der Waals surface area contributed by atoms with Crippen molar-refractivity contribution in [3.05, 3.63) is 30.3 Å². The predicted molar refractivity (Wildman–Crippen MR) is 72.3 cm³/mol. The first-order chi connectivity index (χ1) is 8.70. The Bertz CT molecular complexity index is 443. The van der Waals surface area contributed by atoms with E-state index in [1.54, 1.807) is 0 Å². The highest BCUT2D eigenvalue weighted by Gasteiger charge is 2.49. The van der Waals surface area contributed by atoms with E-state index in [1.807, 2.05) is 35.2 Å². The molecule has 0 unspecified atom stereocenters. The second-order valence-electron chi connectivity index (χ2n) is 5.60. The summed E-state index contributed by atoms with van der Waals surface area (Å²) in [6.45, 7) is 5.46. The lowest BCUT2D eigenvalue weighted by atomic mass is 10.1. The molecule has 18 heavy (non-hydrogen) atoms. The molecular formula is C15H20N2O. The molecule has 2 fully saturated rings. The van der Waals surface area contributed by atoms with E-state index in [2.05, 4.69) is 18.7 Å². The van der Waals surface area contributed by atoms with Gasteiger partial charge in [-0.25, -0.2) is 0 Å². The van der Waals surface area contributed by atoms with Gasteiger partial charge in [0.1, 0.15) is 0 Å². The molecule has 0 bridgehead atoms. The average Bonchev–Trinajstić information content (AvgIpc) is 2.92. The van der Waals surface area contributed by atoms with Gasteiger partial charge in [-0.2, -0.15) is 0 Å². The quantitative estimate of drug-likeness (QED) is 0.798. The topological polar surface area (TPSA) is 23.6 Å². The summed E-state index contributed by atoms with van der Waals surface area (Å²) in [5, 5.41) is 0. The van der Waals surface area contributed by atoms with Gasteiger partial charge in [-0.15, -0.1) is 0 Å². The van der Waals surface area contributed by atoms with E-state index >= 15 is 0 Å². The molecule has 0 spiro atoms. The first kappa shape index (κ1) is 11.7. The van der Waals surface area contributed by atoms with Crippen LogP contribution < -0.4 is 4.90 Å². The monoisotopic (exact) mass is 244 g/mol. The molecule has 2 atom stereocenters. The van der Waals surface area contributed by atoms with Crippen LogP contribution in [0.1, 0.15) is 26.7 Å². The summed E-state index contributed by atoms with van der Waals surface area (Å²) in [4.78, 5) is 17.0. The summed E-state index contributed by atoms with van der Waals surface area (Å²) in [5.41, 5.74) is 1.04.